The van der Waals surface area contributed by atoms with Crippen LogP contribution in [0.5, 0.6) is 11.5 Å². The molecular formula is C32H42N2O8. The van der Waals surface area contributed by atoms with Crippen LogP contribution in [0.25, 0.3) is 0 Å². The molecule has 228 valence electrons. The molecular weight excluding hydrogens is 540 g/mol. The van der Waals surface area contributed by atoms with Gasteiger partial charge in [0, 0.05) is 18.2 Å². The van der Waals surface area contributed by atoms with Gasteiger partial charge in [0.15, 0.2) is 23.2 Å². The van der Waals surface area contributed by atoms with Crippen molar-refractivity contribution in [3.05, 3.63) is 53.9 Å². The number of ether oxygens (including phenoxy) is 5. The van der Waals surface area contributed by atoms with Crippen LogP contribution >= 0.6 is 0 Å². The van der Waals surface area contributed by atoms with Gasteiger partial charge in [-0.3, -0.25) is 9.59 Å². The predicted octanol–water partition coefficient (Wildman–Crippen LogP) is 4.35. The number of rotatable bonds is 10. The average Bonchev–Trinajstić information content (AvgIpc) is 3.51. The normalized spacial score (nSPS) is 23.3. The first kappa shape index (κ1) is 31.3. The highest BCUT2D eigenvalue weighted by molar-refractivity contribution is 5.98. The minimum absolute atomic E-state index is 0.0102. The van der Waals surface area contributed by atoms with Crippen molar-refractivity contribution < 1.29 is 38.1 Å². The summed E-state index contributed by atoms with van der Waals surface area (Å²) in [5, 5.41) is 2.71. The highest BCUT2D eigenvalue weighted by atomic mass is 16.7. The maximum absolute atomic E-state index is 13.4. The Balaban J connectivity index is 1.50. The van der Waals surface area contributed by atoms with E-state index in [4.69, 9.17) is 23.7 Å². The smallest absolute Gasteiger partial charge is 0.331 e. The van der Waals surface area contributed by atoms with Crippen LogP contribution in [0.3, 0.4) is 0 Å². The average molecular weight is 583 g/mol. The van der Waals surface area contributed by atoms with Crippen LogP contribution in [0, 0.1) is 23.7 Å². The number of nitrogens with zero attached hydrogens (tertiary/aromatic N) is 1. The van der Waals surface area contributed by atoms with Crippen LogP contribution in [-0.4, -0.2) is 62.1 Å². The summed E-state index contributed by atoms with van der Waals surface area (Å²) in [6.45, 7) is 5.31. The fraction of sp³-hybridized carbons (Fsp3) is 0.562. The molecule has 0 radical (unpaired) electrons. The van der Waals surface area contributed by atoms with E-state index in [1.54, 1.807) is 13.8 Å². The summed E-state index contributed by atoms with van der Waals surface area (Å²) in [5.41, 5.74) is 1.09. The van der Waals surface area contributed by atoms with Gasteiger partial charge in [-0.15, -0.1) is 0 Å². The van der Waals surface area contributed by atoms with Gasteiger partial charge < -0.3 is 29.0 Å². The SMILES string of the molecule is COc1ccnc(C(=O)N[C@H]2COC[C@H](Cc3ccccc3)[C@@H](C3CCCC3)[C@H](C)OC2=O)c1OCOC(=O)C(C)C. The van der Waals surface area contributed by atoms with Crippen LogP contribution in [0.2, 0.25) is 0 Å². The van der Waals surface area contributed by atoms with Gasteiger partial charge in [0.1, 0.15) is 6.10 Å². The fourth-order valence-corrected chi connectivity index (χ4v) is 6.00. The number of hydrogen-bond donors (Lipinski definition) is 1. The number of pyridine rings is 1. The first-order valence-electron chi connectivity index (χ1n) is 14.7. The second kappa shape index (κ2) is 15.0. The largest absolute Gasteiger partial charge is 0.493 e. The molecule has 1 amide bonds. The number of methoxy groups -OCH3 is 1. The summed E-state index contributed by atoms with van der Waals surface area (Å²) >= 11 is 0. The van der Waals surface area contributed by atoms with Crippen molar-refractivity contribution in [3.63, 3.8) is 0 Å². The van der Waals surface area contributed by atoms with E-state index >= 15 is 0 Å². The molecule has 2 fully saturated rings. The lowest BCUT2D eigenvalue weighted by atomic mass is 9.75. The molecule has 2 aliphatic rings. The molecule has 0 spiro atoms. The Morgan fingerprint density at radius 2 is 1.83 bits per heavy atom. The van der Waals surface area contributed by atoms with E-state index < -0.39 is 30.7 Å². The molecule has 2 aromatic rings. The number of benzene rings is 1. The Kier molecular flexibility index (Phi) is 11.2. The third kappa shape index (κ3) is 8.00. The summed E-state index contributed by atoms with van der Waals surface area (Å²) in [4.78, 5) is 42.8. The van der Waals surface area contributed by atoms with E-state index in [1.165, 1.54) is 37.8 Å². The summed E-state index contributed by atoms with van der Waals surface area (Å²) in [6.07, 6.45) is 6.42. The zero-order chi connectivity index (χ0) is 30.1. The van der Waals surface area contributed by atoms with Gasteiger partial charge in [-0.05, 0) is 30.7 Å². The Hall–Kier alpha value is -3.66. The van der Waals surface area contributed by atoms with Crippen molar-refractivity contribution in [3.8, 4) is 11.5 Å². The number of hydrogen-bond acceptors (Lipinski definition) is 9. The number of cyclic esters (lactones) is 1. The Morgan fingerprint density at radius 3 is 2.52 bits per heavy atom. The van der Waals surface area contributed by atoms with E-state index in [1.807, 2.05) is 25.1 Å². The van der Waals surface area contributed by atoms with Gasteiger partial charge >= 0.3 is 11.9 Å². The van der Waals surface area contributed by atoms with E-state index in [2.05, 4.69) is 22.4 Å². The zero-order valence-corrected chi connectivity index (χ0v) is 24.9. The van der Waals surface area contributed by atoms with Crippen LogP contribution in [-0.2, 0) is 30.2 Å². The number of carbonyl (C=O) groups excluding carboxylic acids is 3. The maximum atomic E-state index is 13.4. The number of nitrogens with one attached hydrogen (secondary N) is 1. The third-order valence-corrected chi connectivity index (χ3v) is 8.06. The lowest BCUT2D eigenvalue weighted by molar-refractivity contribution is -0.155. The lowest BCUT2D eigenvalue weighted by Gasteiger charge is -2.35. The molecule has 4 atom stereocenters. The summed E-state index contributed by atoms with van der Waals surface area (Å²) < 4.78 is 28.2. The monoisotopic (exact) mass is 582 g/mol. The molecule has 1 aromatic carbocycles. The van der Waals surface area contributed by atoms with E-state index in [0.29, 0.717) is 12.5 Å². The molecule has 10 heteroatoms. The highest BCUT2D eigenvalue weighted by Crippen LogP contribution is 2.40. The predicted molar refractivity (Wildman–Crippen MR) is 154 cm³/mol. The topological polar surface area (TPSA) is 122 Å². The number of carbonyl (C=O) groups is 3. The minimum Gasteiger partial charge on any atom is -0.493 e. The molecule has 2 heterocycles. The van der Waals surface area contributed by atoms with Crippen LogP contribution in [0.4, 0.5) is 0 Å². The first-order chi connectivity index (χ1) is 20.3. The Morgan fingerprint density at radius 1 is 1.10 bits per heavy atom. The molecule has 1 aromatic heterocycles. The molecule has 0 unspecified atom stereocenters. The second-order valence-corrected chi connectivity index (χ2v) is 11.3. The quantitative estimate of drug-likeness (QED) is 0.322. The van der Waals surface area contributed by atoms with Crippen LogP contribution < -0.4 is 14.8 Å². The molecule has 1 saturated heterocycles. The highest BCUT2D eigenvalue weighted by Gasteiger charge is 2.40. The van der Waals surface area contributed by atoms with Gasteiger partial charge in [0.2, 0.25) is 6.79 Å². The molecule has 42 heavy (non-hydrogen) atoms. The van der Waals surface area contributed by atoms with Crippen molar-refractivity contribution in [1.82, 2.24) is 10.3 Å². The van der Waals surface area contributed by atoms with Gasteiger partial charge in [0.05, 0.1) is 26.2 Å². The number of esters is 2. The third-order valence-electron chi connectivity index (χ3n) is 8.06. The van der Waals surface area contributed by atoms with Gasteiger partial charge in [0.25, 0.3) is 5.91 Å². The molecule has 1 saturated carbocycles. The standard InChI is InChI=1S/C32H42N2O8/c1-20(2)31(36)41-19-40-29-26(38-4)14-15-33-28(29)30(35)34-25-18-39-17-24(16-22-10-6-5-7-11-22)27(21(3)42-32(25)37)23-12-8-9-13-23/h5-7,10-11,14-15,20-21,23-25,27H,8-9,12-13,16-19H2,1-4H3,(H,34,35)/t21-,24-,25-,27+/m0/s1. The van der Waals surface area contributed by atoms with Gasteiger partial charge in [-0.25, -0.2) is 9.78 Å². The lowest BCUT2D eigenvalue weighted by Crippen LogP contribution is -2.46. The van der Waals surface area contributed by atoms with Gasteiger partial charge in [-0.2, -0.15) is 0 Å². The van der Waals surface area contributed by atoms with Crippen molar-refractivity contribution in [2.75, 3.05) is 27.1 Å². The molecule has 1 N–H and O–H groups in total. The Bertz CT molecular complexity index is 1200. The molecule has 1 aliphatic heterocycles. The zero-order valence-electron chi connectivity index (χ0n) is 24.9. The Labute approximate surface area is 247 Å². The molecule has 1 aliphatic carbocycles. The minimum atomic E-state index is -1.06. The van der Waals surface area contributed by atoms with E-state index in [-0.39, 0.29) is 47.7 Å². The van der Waals surface area contributed by atoms with Crippen LogP contribution in [0.1, 0.15) is 62.5 Å². The molecule has 4 rings (SSSR count). The summed E-state index contributed by atoms with van der Waals surface area (Å²) in [5.74, 6) is -1.08. The van der Waals surface area contributed by atoms with Crippen molar-refractivity contribution in [2.45, 2.75) is 65.0 Å². The van der Waals surface area contributed by atoms with Gasteiger partial charge in [-0.1, -0.05) is 69.9 Å². The maximum Gasteiger partial charge on any atom is 0.331 e. The van der Waals surface area contributed by atoms with Crippen LogP contribution in [0.15, 0.2) is 42.6 Å². The summed E-state index contributed by atoms with van der Waals surface area (Å²) in [6, 6.07) is 10.8. The second-order valence-electron chi connectivity index (χ2n) is 11.3. The molecule has 0 bridgehead atoms. The van der Waals surface area contributed by atoms with E-state index in [9.17, 15) is 14.4 Å². The van der Waals surface area contributed by atoms with Crippen molar-refractivity contribution >= 4 is 17.8 Å². The van der Waals surface area contributed by atoms with E-state index in [0.717, 1.165) is 19.3 Å². The fourth-order valence-electron chi connectivity index (χ4n) is 6.00. The van der Waals surface area contributed by atoms with Crippen molar-refractivity contribution in [1.29, 1.82) is 0 Å². The summed E-state index contributed by atoms with van der Waals surface area (Å²) in [7, 11) is 1.42. The number of aromatic nitrogens is 1. The van der Waals surface area contributed by atoms with Crippen molar-refractivity contribution in [2.24, 2.45) is 23.7 Å². The molecule has 10 nitrogen and oxygen atoms in total. The number of amides is 1. The first-order valence-corrected chi connectivity index (χ1v) is 14.7.